The maximum atomic E-state index is 14.9. The highest BCUT2D eigenvalue weighted by atomic mass is 19.3. The fraction of sp³-hybridized carbons (Fsp3) is 0.304. The van der Waals surface area contributed by atoms with Crippen molar-refractivity contribution in [1.82, 2.24) is 14.7 Å². The maximum absolute atomic E-state index is 14.9. The van der Waals surface area contributed by atoms with Gasteiger partial charge < -0.3 is 4.90 Å². The minimum atomic E-state index is -2.44. The van der Waals surface area contributed by atoms with Gasteiger partial charge in [-0.15, -0.1) is 0 Å². The molecule has 2 aliphatic heterocycles. The van der Waals surface area contributed by atoms with E-state index in [0.29, 0.717) is 11.1 Å². The summed E-state index contributed by atoms with van der Waals surface area (Å²) >= 11 is 0. The van der Waals surface area contributed by atoms with Crippen LogP contribution >= 0.6 is 0 Å². The van der Waals surface area contributed by atoms with Gasteiger partial charge in [0.1, 0.15) is 11.2 Å². The van der Waals surface area contributed by atoms with Crippen molar-refractivity contribution in [3.63, 3.8) is 0 Å². The lowest BCUT2D eigenvalue weighted by molar-refractivity contribution is -0.130. The van der Waals surface area contributed by atoms with Crippen molar-refractivity contribution < 1.29 is 18.0 Å². The number of anilines is 1. The normalized spacial score (nSPS) is 17.5. The lowest BCUT2D eigenvalue weighted by atomic mass is 9.74. The van der Waals surface area contributed by atoms with Gasteiger partial charge in [0.15, 0.2) is 0 Å². The Morgan fingerprint density at radius 2 is 1.90 bits per heavy atom. The molecular weight excluding hydrogens is 405 g/mol. The van der Waals surface area contributed by atoms with E-state index in [4.69, 9.17) is 0 Å². The second-order valence-corrected chi connectivity index (χ2v) is 8.26. The molecule has 0 aliphatic carbocycles. The zero-order valence-electron chi connectivity index (χ0n) is 16.9. The van der Waals surface area contributed by atoms with Crippen LogP contribution < -0.4 is 4.90 Å². The Kier molecular flexibility index (Phi) is 4.62. The molecule has 31 heavy (non-hydrogen) atoms. The van der Waals surface area contributed by atoms with Crippen LogP contribution in [-0.2, 0) is 23.8 Å². The van der Waals surface area contributed by atoms with Crippen molar-refractivity contribution in [1.29, 1.82) is 0 Å². The lowest BCUT2D eigenvalue weighted by Crippen LogP contribution is -2.64. The van der Waals surface area contributed by atoms with Crippen LogP contribution in [0.4, 0.5) is 18.9 Å². The van der Waals surface area contributed by atoms with E-state index < -0.39 is 17.7 Å². The highest BCUT2D eigenvalue weighted by Crippen LogP contribution is 2.48. The number of nitrogens with zero attached hydrogens (tertiary/aromatic N) is 4. The summed E-state index contributed by atoms with van der Waals surface area (Å²) in [5.74, 6) is -0.560. The van der Waals surface area contributed by atoms with Crippen molar-refractivity contribution in [3.8, 4) is 11.1 Å². The first-order chi connectivity index (χ1) is 14.9. The van der Waals surface area contributed by atoms with Gasteiger partial charge >= 0.3 is 0 Å². The SMILES string of the molecule is Cn1cc(-c2ccc(CN3C(=O)C4(CN(CC(F)F)C4)c4ccccc43)c(F)c2)cn1. The Balaban J connectivity index is 1.42. The number of amides is 1. The standard InChI is InChI=1S/C23H21F3N4O/c1-28-10-17(9-27-28)15-6-7-16(19(24)8-15)11-30-20-5-3-2-4-18(20)23(22(30)31)13-29(14-23)12-21(25)26/h2-10,21H,11-14H2,1H3. The van der Waals surface area contributed by atoms with Crippen LogP contribution in [0.5, 0.6) is 0 Å². The monoisotopic (exact) mass is 426 g/mol. The molecule has 5 rings (SSSR count). The quantitative estimate of drug-likeness (QED) is 0.626. The molecule has 2 aromatic carbocycles. The van der Waals surface area contributed by atoms with E-state index in [0.717, 1.165) is 16.8 Å². The van der Waals surface area contributed by atoms with E-state index in [2.05, 4.69) is 5.10 Å². The molecule has 8 heteroatoms. The first-order valence-electron chi connectivity index (χ1n) is 10.1. The summed E-state index contributed by atoms with van der Waals surface area (Å²) < 4.78 is 42.1. The summed E-state index contributed by atoms with van der Waals surface area (Å²) in [6.07, 6.45) is 1.04. The molecule has 1 spiro atoms. The molecule has 1 aromatic heterocycles. The number of alkyl halides is 2. The zero-order chi connectivity index (χ0) is 21.8. The Bertz CT molecular complexity index is 1150. The largest absolute Gasteiger partial charge is 0.307 e. The highest BCUT2D eigenvalue weighted by molar-refractivity contribution is 6.09. The fourth-order valence-corrected chi connectivity index (χ4v) is 4.70. The van der Waals surface area contributed by atoms with E-state index >= 15 is 0 Å². The summed E-state index contributed by atoms with van der Waals surface area (Å²) in [4.78, 5) is 16.6. The molecule has 0 unspecified atom stereocenters. The average Bonchev–Trinajstić information content (AvgIpc) is 3.24. The zero-order valence-corrected chi connectivity index (χ0v) is 16.9. The second kappa shape index (κ2) is 7.23. The number of aryl methyl sites for hydroxylation is 1. The Morgan fingerprint density at radius 3 is 2.58 bits per heavy atom. The number of aromatic nitrogens is 2. The molecule has 0 bridgehead atoms. The molecule has 1 fully saturated rings. The van der Waals surface area contributed by atoms with E-state index in [1.54, 1.807) is 40.0 Å². The van der Waals surface area contributed by atoms with Crippen LogP contribution in [0.15, 0.2) is 54.9 Å². The molecule has 0 atom stereocenters. The van der Waals surface area contributed by atoms with Gasteiger partial charge in [-0.1, -0.05) is 30.3 Å². The van der Waals surface area contributed by atoms with Crippen molar-refractivity contribution in [2.24, 2.45) is 7.05 Å². The number of benzene rings is 2. The number of hydrogen-bond acceptors (Lipinski definition) is 3. The predicted molar refractivity (Wildman–Crippen MR) is 110 cm³/mol. The summed E-state index contributed by atoms with van der Waals surface area (Å²) in [6, 6.07) is 12.3. The predicted octanol–water partition coefficient (Wildman–Crippen LogP) is 3.59. The van der Waals surface area contributed by atoms with Gasteiger partial charge in [-0.3, -0.25) is 14.4 Å². The fourth-order valence-electron chi connectivity index (χ4n) is 4.70. The first-order valence-corrected chi connectivity index (χ1v) is 10.1. The third-order valence-electron chi connectivity index (χ3n) is 6.17. The second-order valence-electron chi connectivity index (χ2n) is 8.26. The van der Waals surface area contributed by atoms with E-state index in [1.165, 1.54) is 6.07 Å². The van der Waals surface area contributed by atoms with Crippen LogP contribution in [0.2, 0.25) is 0 Å². The molecule has 1 saturated heterocycles. The number of carbonyl (C=O) groups excluding carboxylic acids is 1. The van der Waals surface area contributed by atoms with E-state index in [1.807, 2.05) is 30.3 Å². The first kappa shape index (κ1) is 19.8. The number of likely N-dealkylation sites (tertiary alicyclic amines) is 1. The molecular formula is C23H21F3N4O. The summed E-state index contributed by atoms with van der Waals surface area (Å²) in [5, 5.41) is 4.11. The molecule has 3 heterocycles. The number of rotatable bonds is 5. The number of halogens is 3. The summed E-state index contributed by atoms with van der Waals surface area (Å²) in [6.45, 7) is 0.255. The van der Waals surface area contributed by atoms with Crippen molar-refractivity contribution >= 4 is 11.6 Å². The molecule has 0 radical (unpaired) electrons. The molecule has 3 aromatic rings. The molecule has 0 N–H and O–H groups in total. The Morgan fingerprint density at radius 1 is 1.13 bits per heavy atom. The number of fused-ring (bicyclic) bond motifs is 2. The molecule has 2 aliphatic rings. The number of carbonyl (C=O) groups is 1. The van der Waals surface area contributed by atoms with Gasteiger partial charge in [-0.2, -0.15) is 5.10 Å². The van der Waals surface area contributed by atoms with Gasteiger partial charge in [-0.05, 0) is 23.3 Å². The van der Waals surface area contributed by atoms with Crippen molar-refractivity contribution in [3.05, 3.63) is 71.8 Å². The average molecular weight is 426 g/mol. The summed E-state index contributed by atoms with van der Waals surface area (Å²) in [7, 11) is 1.80. The van der Waals surface area contributed by atoms with Crippen LogP contribution in [-0.4, -0.2) is 46.6 Å². The third-order valence-corrected chi connectivity index (χ3v) is 6.17. The third kappa shape index (κ3) is 3.22. The highest BCUT2D eigenvalue weighted by Gasteiger charge is 2.58. The van der Waals surface area contributed by atoms with Crippen LogP contribution in [0.1, 0.15) is 11.1 Å². The van der Waals surface area contributed by atoms with E-state index in [9.17, 15) is 18.0 Å². The number of hydrogen-bond donors (Lipinski definition) is 0. The minimum absolute atomic E-state index is 0.0889. The lowest BCUT2D eigenvalue weighted by Gasteiger charge is -2.46. The molecule has 5 nitrogen and oxygen atoms in total. The molecule has 1 amide bonds. The Labute approximate surface area is 177 Å². The van der Waals surface area contributed by atoms with Gasteiger partial charge in [0.25, 0.3) is 6.43 Å². The smallest absolute Gasteiger partial charge is 0.251 e. The maximum Gasteiger partial charge on any atom is 0.251 e. The van der Waals surface area contributed by atoms with Crippen LogP contribution in [0.25, 0.3) is 11.1 Å². The van der Waals surface area contributed by atoms with Gasteiger partial charge in [0, 0.05) is 43.1 Å². The Hall–Kier alpha value is -3.13. The summed E-state index contributed by atoms with van der Waals surface area (Å²) in [5.41, 5.74) is 2.65. The van der Waals surface area contributed by atoms with Crippen molar-refractivity contribution in [2.75, 3.05) is 24.5 Å². The molecule has 160 valence electrons. The minimum Gasteiger partial charge on any atom is -0.307 e. The molecule has 0 saturated carbocycles. The van der Waals surface area contributed by atoms with Crippen LogP contribution in [0.3, 0.4) is 0 Å². The van der Waals surface area contributed by atoms with Crippen molar-refractivity contribution in [2.45, 2.75) is 18.4 Å². The van der Waals surface area contributed by atoms with Gasteiger partial charge in [-0.25, -0.2) is 13.2 Å². The van der Waals surface area contributed by atoms with Gasteiger partial charge in [0.05, 0.1) is 19.3 Å². The topological polar surface area (TPSA) is 41.4 Å². The van der Waals surface area contributed by atoms with E-state index in [-0.39, 0.29) is 32.1 Å². The number of para-hydroxylation sites is 1. The van der Waals surface area contributed by atoms with Crippen LogP contribution in [0, 0.1) is 5.82 Å². The van der Waals surface area contributed by atoms with Gasteiger partial charge in [0.2, 0.25) is 5.91 Å².